The summed E-state index contributed by atoms with van der Waals surface area (Å²) in [7, 11) is 0. The van der Waals surface area contributed by atoms with Crippen LogP contribution in [0.5, 0.6) is 0 Å². The van der Waals surface area contributed by atoms with Gasteiger partial charge in [0.1, 0.15) is 12.4 Å². The molecule has 0 bridgehead atoms. The number of ether oxygens (including phenoxy) is 1. The highest BCUT2D eigenvalue weighted by atomic mass is 35.5. The Morgan fingerprint density at radius 1 is 1.16 bits per heavy atom. The lowest BCUT2D eigenvalue weighted by Crippen LogP contribution is -2.13. The Kier molecular flexibility index (Phi) is 5.56. The molecule has 1 amide bonds. The first kappa shape index (κ1) is 20.3. The van der Waals surface area contributed by atoms with Gasteiger partial charge in [0.15, 0.2) is 0 Å². The second kappa shape index (κ2) is 8.49. The zero-order valence-electron chi connectivity index (χ0n) is 16.4. The summed E-state index contributed by atoms with van der Waals surface area (Å²) in [5.41, 5.74) is 4.16. The third-order valence-corrected chi connectivity index (χ3v) is 6.52. The van der Waals surface area contributed by atoms with Crippen LogP contribution in [0.4, 0.5) is 10.5 Å². The standard InChI is InChI=1S/C22H18Cl2N4O2S/c23-13-4-6-16(17(24)9-13)18-11-15(31-27-18)12-30-22(29)25-14-5-7-20-19(10-14)26-21-3-1-2-8-28(20)21/h4-7,9-11H,1-3,8,12H2,(H,25,29). The van der Waals surface area contributed by atoms with E-state index in [-0.39, 0.29) is 6.61 Å². The molecule has 5 rings (SSSR count). The summed E-state index contributed by atoms with van der Waals surface area (Å²) in [5, 5.41) is 3.87. The average molecular weight is 473 g/mol. The van der Waals surface area contributed by atoms with E-state index in [1.807, 2.05) is 30.3 Å². The summed E-state index contributed by atoms with van der Waals surface area (Å²) in [6, 6.07) is 12.9. The van der Waals surface area contributed by atoms with Gasteiger partial charge in [-0.15, -0.1) is 0 Å². The first-order valence-electron chi connectivity index (χ1n) is 9.91. The summed E-state index contributed by atoms with van der Waals surface area (Å²) in [6.07, 6.45) is 2.82. The Bertz CT molecular complexity index is 1280. The molecule has 3 heterocycles. The van der Waals surface area contributed by atoms with Gasteiger partial charge in [-0.2, -0.15) is 4.37 Å². The molecule has 0 spiro atoms. The third-order valence-electron chi connectivity index (χ3n) is 5.22. The molecule has 1 aliphatic heterocycles. The van der Waals surface area contributed by atoms with E-state index in [9.17, 15) is 4.79 Å². The van der Waals surface area contributed by atoms with Crippen LogP contribution in [-0.2, 0) is 24.3 Å². The molecule has 0 atom stereocenters. The predicted molar refractivity (Wildman–Crippen MR) is 124 cm³/mol. The Labute approximate surface area is 192 Å². The zero-order valence-corrected chi connectivity index (χ0v) is 18.7. The minimum atomic E-state index is -0.525. The van der Waals surface area contributed by atoms with Crippen LogP contribution in [0, 0.1) is 0 Å². The van der Waals surface area contributed by atoms with E-state index in [0.29, 0.717) is 15.7 Å². The number of nitrogens with zero attached hydrogens (tertiary/aromatic N) is 3. The topological polar surface area (TPSA) is 69.0 Å². The third kappa shape index (κ3) is 4.26. The van der Waals surface area contributed by atoms with Crippen molar-refractivity contribution < 1.29 is 9.53 Å². The molecule has 0 unspecified atom stereocenters. The van der Waals surface area contributed by atoms with Crippen LogP contribution < -0.4 is 5.32 Å². The van der Waals surface area contributed by atoms with Crippen LogP contribution in [0.25, 0.3) is 22.3 Å². The Hall–Kier alpha value is -2.61. The highest BCUT2D eigenvalue weighted by molar-refractivity contribution is 7.06. The van der Waals surface area contributed by atoms with Crippen molar-refractivity contribution in [2.45, 2.75) is 32.4 Å². The average Bonchev–Trinajstić information content (AvgIpc) is 3.36. The lowest BCUT2D eigenvalue weighted by Gasteiger charge is -2.13. The van der Waals surface area contributed by atoms with Crippen molar-refractivity contribution in [2.24, 2.45) is 0 Å². The minimum absolute atomic E-state index is 0.121. The fraction of sp³-hybridized carbons (Fsp3) is 0.227. The van der Waals surface area contributed by atoms with Gasteiger partial charge in [0.05, 0.1) is 26.6 Å². The molecule has 4 aromatic rings. The normalized spacial score (nSPS) is 13.2. The lowest BCUT2D eigenvalue weighted by molar-refractivity contribution is 0.156. The maximum absolute atomic E-state index is 12.3. The van der Waals surface area contributed by atoms with Gasteiger partial charge >= 0.3 is 6.09 Å². The van der Waals surface area contributed by atoms with Crippen LogP contribution in [0.1, 0.15) is 23.5 Å². The van der Waals surface area contributed by atoms with Gasteiger partial charge in [0.25, 0.3) is 0 Å². The molecule has 1 aliphatic rings. The molecule has 6 nitrogen and oxygen atoms in total. The van der Waals surface area contributed by atoms with Crippen LogP contribution in [-0.4, -0.2) is 20.0 Å². The molecule has 2 aromatic carbocycles. The van der Waals surface area contributed by atoms with Crippen molar-refractivity contribution in [3.05, 3.63) is 63.2 Å². The van der Waals surface area contributed by atoms with E-state index >= 15 is 0 Å². The van der Waals surface area contributed by atoms with Crippen LogP contribution in [0.15, 0.2) is 42.5 Å². The van der Waals surface area contributed by atoms with Crippen molar-refractivity contribution in [3.63, 3.8) is 0 Å². The predicted octanol–water partition coefficient (Wildman–Crippen LogP) is 6.55. The molecule has 1 N–H and O–H groups in total. The number of hydrogen-bond donors (Lipinski definition) is 1. The van der Waals surface area contributed by atoms with Crippen molar-refractivity contribution in [2.75, 3.05) is 5.32 Å². The summed E-state index contributed by atoms with van der Waals surface area (Å²) in [5.74, 6) is 1.11. The lowest BCUT2D eigenvalue weighted by atomic mass is 10.1. The van der Waals surface area contributed by atoms with Gasteiger partial charge in [-0.3, -0.25) is 5.32 Å². The molecule has 0 radical (unpaired) electrons. The molecule has 2 aromatic heterocycles. The number of aryl methyl sites for hydroxylation is 2. The summed E-state index contributed by atoms with van der Waals surface area (Å²) in [6.45, 7) is 1.12. The zero-order chi connectivity index (χ0) is 21.4. The van der Waals surface area contributed by atoms with Gasteiger partial charge < -0.3 is 9.30 Å². The number of aromatic nitrogens is 3. The molecule has 158 valence electrons. The van der Waals surface area contributed by atoms with E-state index < -0.39 is 6.09 Å². The Balaban J connectivity index is 1.23. The van der Waals surface area contributed by atoms with E-state index in [1.54, 1.807) is 12.1 Å². The van der Waals surface area contributed by atoms with Crippen LogP contribution in [0.3, 0.4) is 0 Å². The highest BCUT2D eigenvalue weighted by Crippen LogP contribution is 2.31. The first-order chi connectivity index (χ1) is 15.1. The smallest absolute Gasteiger partial charge is 0.411 e. The minimum Gasteiger partial charge on any atom is -0.444 e. The number of halogens is 2. The number of imidazole rings is 1. The second-order valence-electron chi connectivity index (χ2n) is 7.34. The van der Waals surface area contributed by atoms with Crippen molar-refractivity contribution >= 4 is 57.5 Å². The number of fused-ring (bicyclic) bond motifs is 3. The Morgan fingerprint density at radius 3 is 2.94 bits per heavy atom. The van der Waals surface area contributed by atoms with E-state index in [1.165, 1.54) is 24.4 Å². The summed E-state index contributed by atoms with van der Waals surface area (Å²) in [4.78, 5) is 17.8. The first-order valence-corrected chi connectivity index (χ1v) is 11.4. The molecular formula is C22H18Cl2N4O2S. The maximum Gasteiger partial charge on any atom is 0.411 e. The molecular weight excluding hydrogens is 455 g/mol. The van der Waals surface area contributed by atoms with Gasteiger partial charge in [0.2, 0.25) is 0 Å². The molecule has 31 heavy (non-hydrogen) atoms. The summed E-state index contributed by atoms with van der Waals surface area (Å²) >= 11 is 13.5. The number of nitrogens with one attached hydrogen (secondary N) is 1. The van der Waals surface area contributed by atoms with Crippen molar-refractivity contribution in [1.29, 1.82) is 0 Å². The van der Waals surface area contributed by atoms with Gasteiger partial charge in [-0.05, 0) is 66.8 Å². The fourth-order valence-electron chi connectivity index (χ4n) is 3.75. The van der Waals surface area contributed by atoms with Crippen LogP contribution >= 0.6 is 34.7 Å². The molecule has 0 fully saturated rings. The number of amides is 1. The van der Waals surface area contributed by atoms with Crippen molar-refractivity contribution in [1.82, 2.24) is 13.9 Å². The maximum atomic E-state index is 12.3. The van der Waals surface area contributed by atoms with Gasteiger partial charge in [-0.25, -0.2) is 9.78 Å². The quantitative estimate of drug-likeness (QED) is 0.365. The number of carbonyl (C=O) groups is 1. The largest absolute Gasteiger partial charge is 0.444 e. The number of anilines is 1. The fourth-order valence-corrected chi connectivity index (χ4v) is 4.89. The highest BCUT2D eigenvalue weighted by Gasteiger charge is 2.15. The number of rotatable bonds is 4. The molecule has 0 aliphatic carbocycles. The van der Waals surface area contributed by atoms with Gasteiger partial charge in [0, 0.05) is 29.2 Å². The van der Waals surface area contributed by atoms with E-state index in [0.717, 1.165) is 46.0 Å². The summed E-state index contributed by atoms with van der Waals surface area (Å²) < 4.78 is 12.0. The second-order valence-corrected chi connectivity index (χ2v) is 9.08. The monoisotopic (exact) mass is 472 g/mol. The number of hydrogen-bond acceptors (Lipinski definition) is 5. The molecule has 0 saturated carbocycles. The van der Waals surface area contributed by atoms with E-state index in [4.69, 9.17) is 32.9 Å². The number of benzene rings is 2. The van der Waals surface area contributed by atoms with Crippen LogP contribution in [0.2, 0.25) is 10.0 Å². The number of carbonyl (C=O) groups excluding carboxylic acids is 1. The van der Waals surface area contributed by atoms with Gasteiger partial charge in [-0.1, -0.05) is 23.2 Å². The van der Waals surface area contributed by atoms with Crippen molar-refractivity contribution in [3.8, 4) is 11.3 Å². The SMILES string of the molecule is O=C(Nc1ccc2c(c1)nc1n2CCCC1)OCc1cc(-c2ccc(Cl)cc2Cl)ns1. The van der Waals surface area contributed by atoms with E-state index in [2.05, 4.69) is 14.3 Å². The Morgan fingerprint density at radius 2 is 2.06 bits per heavy atom. The molecule has 0 saturated heterocycles. The molecule has 9 heteroatoms.